The lowest BCUT2D eigenvalue weighted by Crippen LogP contribution is -2.06. The van der Waals surface area contributed by atoms with Crippen molar-refractivity contribution >= 4 is 5.97 Å². The van der Waals surface area contributed by atoms with E-state index < -0.39 is 11.8 Å². The lowest BCUT2D eigenvalue weighted by molar-refractivity contribution is 0.0471. The first kappa shape index (κ1) is 16.6. The number of halogens is 1. The number of carbonyl (C=O) groups is 1. The van der Waals surface area contributed by atoms with E-state index in [1.54, 1.807) is 12.1 Å². The van der Waals surface area contributed by atoms with Gasteiger partial charge in [0.25, 0.3) is 0 Å². The van der Waals surface area contributed by atoms with Crippen LogP contribution in [0.15, 0.2) is 36.4 Å². The summed E-state index contributed by atoms with van der Waals surface area (Å²) in [5, 5.41) is 0. The van der Waals surface area contributed by atoms with E-state index in [0.717, 1.165) is 6.07 Å². The van der Waals surface area contributed by atoms with Crippen LogP contribution in [0.5, 0.6) is 17.2 Å². The van der Waals surface area contributed by atoms with Crippen molar-refractivity contribution in [3.05, 3.63) is 53.3 Å². The lowest BCUT2D eigenvalue weighted by Gasteiger charge is -2.14. The molecule has 0 saturated carbocycles. The van der Waals surface area contributed by atoms with Crippen molar-refractivity contribution in [2.75, 3.05) is 21.3 Å². The molecule has 0 unspecified atom stereocenters. The Balaban J connectivity index is 2.15. The molecular formula is C17H17FO5. The van der Waals surface area contributed by atoms with Gasteiger partial charge < -0.3 is 18.9 Å². The van der Waals surface area contributed by atoms with Crippen LogP contribution in [0.4, 0.5) is 4.39 Å². The molecule has 0 amide bonds. The molecule has 0 spiro atoms. The number of carbonyl (C=O) groups excluding carboxylic acids is 1. The smallest absolute Gasteiger partial charge is 0.338 e. The molecule has 5 nitrogen and oxygen atoms in total. The second-order valence-electron chi connectivity index (χ2n) is 4.62. The minimum absolute atomic E-state index is 0.00788. The number of esters is 1. The summed E-state index contributed by atoms with van der Waals surface area (Å²) < 4.78 is 34.0. The Morgan fingerprint density at radius 2 is 1.65 bits per heavy atom. The van der Waals surface area contributed by atoms with Crippen molar-refractivity contribution in [1.29, 1.82) is 0 Å². The molecule has 0 bridgehead atoms. The second-order valence-corrected chi connectivity index (χ2v) is 4.62. The summed E-state index contributed by atoms with van der Waals surface area (Å²) in [6.45, 7) is -0.00788. The van der Waals surface area contributed by atoms with E-state index in [9.17, 15) is 9.18 Å². The van der Waals surface area contributed by atoms with E-state index in [4.69, 9.17) is 18.9 Å². The van der Waals surface area contributed by atoms with Crippen LogP contribution in [0.3, 0.4) is 0 Å². The Hall–Kier alpha value is -2.76. The highest BCUT2D eigenvalue weighted by atomic mass is 19.1. The average molecular weight is 320 g/mol. The molecular weight excluding hydrogens is 303 g/mol. The third-order valence-corrected chi connectivity index (χ3v) is 3.15. The van der Waals surface area contributed by atoms with Crippen LogP contribution < -0.4 is 14.2 Å². The number of rotatable bonds is 6. The van der Waals surface area contributed by atoms with Crippen LogP contribution in [0, 0.1) is 5.82 Å². The molecule has 122 valence electrons. The van der Waals surface area contributed by atoms with Crippen molar-refractivity contribution < 1.29 is 28.1 Å². The minimum atomic E-state index is -0.613. The Kier molecular flexibility index (Phi) is 5.41. The molecule has 2 aromatic carbocycles. The van der Waals surface area contributed by atoms with E-state index in [0.29, 0.717) is 22.8 Å². The predicted molar refractivity (Wildman–Crippen MR) is 81.6 cm³/mol. The van der Waals surface area contributed by atoms with Gasteiger partial charge in [-0.2, -0.15) is 0 Å². The minimum Gasteiger partial charge on any atom is -0.493 e. The second kappa shape index (κ2) is 7.49. The number of hydrogen-bond donors (Lipinski definition) is 0. The summed E-state index contributed by atoms with van der Waals surface area (Å²) in [5.74, 6) is 0.271. The SMILES string of the molecule is COc1cc(COC(=O)c2cccc(F)c2)cc(OC)c1OC. The molecule has 2 aromatic rings. The number of methoxy groups -OCH3 is 3. The molecule has 0 radical (unpaired) electrons. The summed E-state index contributed by atoms with van der Waals surface area (Å²) in [7, 11) is 4.50. The largest absolute Gasteiger partial charge is 0.493 e. The zero-order valence-electron chi connectivity index (χ0n) is 13.1. The van der Waals surface area contributed by atoms with Crippen molar-refractivity contribution in [1.82, 2.24) is 0 Å². The van der Waals surface area contributed by atoms with Gasteiger partial charge in [0.2, 0.25) is 5.75 Å². The topological polar surface area (TPSA) is 54.0 Å². The molecule has 0 saturated heterocycles. The van der Waals surface area contributed by atoms with E-state index >= 15 is 0 Å². The van der Waals surface area contributed by atoms with E-state index in [2.05, 4.69) is 0 Å². The Labute approximate surface area is 133 Å². The van der Waals surface area contributed by atoms with Gasteiger partial charge in [-0.25, -0.2) is 9.18 Å². The molecule has 2 rings (SSSR count). The molecule has 0 aliphatic rings. The van der Waals surface area contributed by atoms with Gasteiger partial charge in [0.1, 0.15) is 12.4 Å². The van der Waals surface area contributed by atoms with Crippen LogP contribution in [-0.4, -0.2) is 27.3 Å². The predicted octanol–water partition coefficient (Wildman–Crippen LogP) is 3.21. The number of benzene rings is 2. The molecule has 0 N–H and O–H groups in total. The first-order chi connectivity index (χ1) is 11.1. The zero-order valence-corrected chi connectivity index (χ0v) is 13.1. The highest BCUT2D eigenvalue weighted by molar-refractivity contribution is 5.89. The monoisotopic (exact) mass is 320 g/mol. The molecule has 23 heavy (non-hydrogen) atoms. The van der Waals surface area contributed by atoms with Crippen molar-refractivity contribution in [3.8, 4) is 17.2 Å². The first-order valence-corrected chi connectivity index (χ1v) is 6.80. The quantitative estimate of drug-likeness (QED) is 0.765. The molecule has 0 aliphatic carbocycles. The van der Waals surface area contributed by atoms with Gasteiger partial charge in [-0.1, -0.05) is 6.07 Å². The van der Waals surface area contributed by atoms with Crippen molar-refractivity contribution in [2.24, 2.45) is 0 Å². The number of ether oxygens (including phenoxy) is 4. The highest BCUT2D eigenvalue weighted by Crippen LogP contribution is 2.38. The maximum absolute atomic E-state index is 13.1. The van der Waals surface area contributed by atoms with Crippen LogP contribution in [-0.2, 0) is 11.3 Å². The first-order valence-electron chi connectivity index (χ1n) is 6.80. The maximum atomic E-state index is 13.1. The standard InChI is InChI=1S/C17H17FO5/c1-20-14-7-11(8-15(21-2)16(14)22-3)10-23-17(19)12-5-4-6-13(18)9-12/h4-9H,10H2,1-3H3. The summed E-state index contributed by atoms with van der Waals surface area (Å²) in [6.07, 6.45) is 0. The Morgan fingerprint density at radius 3 is 2.17 bits per heavy atom. The van der Waals surface area contributed by atoms with Crippen LogP contribution in [0.2, 0.25) is 0 Å². The van der Waals surface area contributed by atoms with Crippen molar-refractivity contribution in [3.63, 3.8) is 0 Å². The highest BCUT2D eigenvalue weighted by Gasteiger charge is 2.15. The van der Waals surface area contributed by atoms with Gasteiger partial charge in [-0.3, -0.25) is 0 Å². The fourth-order valence-corrected chi connectivity index (χ4v) is 2.07. The number of hydrogen-bond acceptors (Lipinski definition) is 5. The van der Waals surface area contributed by atoms with Gasteiger partial charge in [-0.15, -0.1) is 0 Å². The zero-order chi connectivity index (χ0) is 16.8. The van der Waals surface area contributed by atoms with E-state index in [1.165, 1.54) is 39.5 Å². The van der Waals surface area contributed by atoms with Crippen molar-refractivity contribution in [2.45, 2.75) is 6.61 Å². The van der Waals surface area contributed by atoms with Crippen LogP contribution in [0.25, 0.3) is 0 Å². The van der Waals surface area contributed by atoms with Gasteiger partial charge in [0, 0.05) is 0 Å². The summed E-state index contributed by atoms with van der Waals surface area (Å²) >= 11 is 0. The summed E-state index contributed by atoms with van der Waals surface area (Å²) in [4.78, 5) is 11.9. The maximum Gasteiger partial charge on any atom is 0.338 e. The summed E-state index contributed by atoms with van der Waals surface area (Å²) in [5.41, 5.74) is 0.807. The van der Waals surface area contributed by atoms with E-state index in [-0.39, 0.29) is 12.2 Å². The fraction of sp³-hybridized carbons (Fsp3) is 0.235. The van der Waals surface area contributed by atoms with Gasteiger partial charge in [0.15, 0.2) is 11.5 Å². The van der Waals surface area contributed by atoms with Gasteiger partial charge in [0.05, 0.1) is 26.9 Å². The van der Waals surface area contributed by atoms with Crippen LogP contribution >= 0.6 is 0 Å². The normalized spacial score (nSPS) is 10.1. The van der Waals surface area contributed by atoms with Gasteiger partial charge >= 0.3 is 5.97 Å². The van der Waals surface area contributed by atoms with E-state index in [1.807, 2.05) is 0 Å². The van der Waals surface area contributed by atoms with Gasteiger partial charge in [-0.05, 0) is 35.9 Å². The molecule has 6 heteroatoms. The third-order valence-electron chi connectivity index (χ3n) is 3.15. The molecule has 0 atom stereocenters. The summed E-state index contributed by atoms with van der Waals surface area (Å²) in [6, 6.07) is 8.68. The third kappa shape index (κ3) is 3.91. The molecule has 0 heterocycles. The Bertz CT molecular complexity index is 674. The van der Waals surface area contributed by atoms with Crippen LogP contribution in [0.1, 0.15) is 15.9 Å². The molecule has 0 aromatic heterocycles. The molecule has 0 fully saturated rings. The fourth-order valence-electron chi connectivity index (χ4n) is 2.07. The Morgan fingerprint density at radius 1 is 1.00 bits per heavy atom. The molecule has 0 aliphatic heterocycles. The average Bonchev–Trinajstić information content (AvgIpc) is 2.58. The lowest BCUT2D eigenvalue weighted by atomic mass is 10.2.